The second-order valence-corrected chi connectivity index (χ2v) is 5.48. The van der Waals surface area contributed by atoms with Crippen molar-refractivity contribution in [1.82, 2.24) is 0 Å². The van der Waals surface area contributed by atoms with E-state index in [4.69, 9.17) is 19.7 Å². The van der Waals surface area contributed by atoms with Crippen molar-refractivity contribution in [2.45, 2.75) is 19.6 Å². The third kappa shape index (κ3) is 5.07. The average molecular weight is 357 g/mol. The van der Waals surface area contributed by atoms with Gasteiger partial charge in [0.1, 0.15) is 0 Å². The van der Waals surface area contributed by atoms with Crippen LogP contribution in [0, 0.1) is 0 Å². The molecule has 0 aliphatic rings. The largest absolute Gasteiger partial charge is 0.493 e. The van der Waals surface area contributed by atoms with Crippen LogP contribution in [0.1, 0.15) is 28.4 Å². The summed E-state index contributed by atoms with van der Waals surface area (Å²) in [5.74, 6) is -1.28. The molecule has 0 aliphatic heterocycles. The van der Waals surface area contributed by atoms with Crippen molar-refractivity contribution < 1.29 is 29.3 Å². The maximum absolute atomic E-state index is 10.9. The first kappa shape index (κ1) is 19.0. The number of ether oxygens (including phenoxy) is 2. The molecule has 2 rings (SSSR count). The maximum Gasteiger partial charge on any atom is 0.344 e. The summed E-state index contributed by atoms with van der Waals surface area (Å²) in [6.07, 6.45) is 0.662. The van der Waals surface area contributed by atoms with Gasteiger partial charge in [0.15, 0.2) is 17.6 Å². The number of carboxylic acids is 2. The van der Waals surface area contributed by atoms with Gasteiger partial charge in [-0.2, -0.15) is 0 Å². The van der Waals surface area contributed by atoms with Crippen LogP contribution < -0.4 is 9.47 Å². The van der Waals surface area contributed by atoms with Crippen molar-refractivity contribution in [3.05, 3.63) is 59.2 Å². The lowest BCUT2D eigenvalue weighted by atomic mass is 10.1. The summed E-state index contributed by atoms with van der Waals surface area (Å²) in [6.45, 7) is 1.84. The van der Waals surface area contributed by atoms with Gasteiger partial charge in [0.25, 0.3) is 0 Å². The van der Waals surface area contributed by atoms with E-state index in [1.165, 1.54) is 26.2 Å². The molecular formula is C19H19NO6. The minimum absolute atomic E-state index is 0.230. The van der Waals surface area contributed by atoms with Crippen molar-refractivity contribution in [2.75, 3.05) is 7.11 Å². The van der Waals surface area contributed by atoms with E-state index in [1.54, 1.807) is 36.5 Å². The molecule has 0 saturated heterocycles. The van der Waals surface area contributed by atoms with Crippen LogP contribution in [0.15, 0.2) is 47.5 Å². The predicted octanol–water partition coefficient (Wildman–Crippen LogP) is 2.86. The molecule has 0 amide bonds. The van der Waals surface area contributed by atoms with E-state index in [1.807, 2.05) is 0 Å². The van der Waals surface area contributed by atoms with Crippen LogP contribution in [0.25, 0.3) is 0 Å². The van der Waals surface area contributed by atoms with E-state index in [9.17, 15) is 9.59 Å². The molecule has 1 atom stereocenters. The molecule has 0 aliphatic carbocycles. The molecule has 0 aromatic heterocycles. The molecule has 2 aromatic carbocycles. The molecule has 0 unspecified atom stereocenters. The third-order valence-corrected chi connectivity index (χ3v) is 3.55. The fourth-order valence-corrected chi connectivity index (χ4v) is 2.11. The minimum atomic E-state index is -1.06. The van der Waals surface area contributed by atoms with Crippen LogP contribution in [0.5, 0.6) is 11.5 Å². The fourth-order valence-electron chi connectivity index (χ4n) is 2.11. The highest BCUT2D eigenvalue weighted by molar-refractivity contribution is 5.87. The van der Waals surface area contributed by atoms with Gasteiger partial charge >= 0.3 is 11.9 Å². The topological polar surface area (TPSA) is 105 Å². The van der Waals surface area contributed by atoms with E-state index >= 15 is 0 Å². The normalized spacial score (nSPS) is 11.9. The Kier molecular flexibility index (Phi) is 6.32. The van der Waals surface area contributed by atoms with Crippen LogP contribution in [0.4, 0.5) is 0 Å². The lowest BCUT2D eigenvalue weighted by Gasteiger charge is -2.14. The number of aliphatic carboxylic acids is 1. The van der Waals surface area contributed by atoms with Crippen molar-refractivity contribution >= 4 is 18.2 Å². The monoisotopic (exact) mass is 357 g/mol. The Hall–Kier alpha value is -3.35. The lowest BCUT2D eigenvalue weighted by molar-refractivity contribution is -0.144. The molecule has 0 bridgehead atoms. The number of rotatable bonds is 8. The summed E-state index contributed by atoms with van der Waals surface area (Å²) >= 11 is 0. The summed E-state index contributed by atoms with van der Waals surface area (Å²) < 4.78 is 10.6. The molecule has 0 heterocycles. The first-order valence-electron chi connectivity index (χ1n) is 7.80. The Morgan fingerprint density at radius 1 is 1.12 bits per heavy atom. The zero-order valence-electron chi connectivity index (χ0n) is 14.4. The molecule has 2 N–H and O–H groups in total. The number of hydrogen-bond donors (Lipinski definition) is 2. The van der Waals surface area contributed by atoms with Crippen LogP contribution in [-0.2, 0) is 11.3 Å². The molecular weight excluding hydrogens is 338 g/mol. The van der Waals surface area contributed by atoms with Gasteiger partial charge in [0, 0.05) is 6.21 Å². The van der Waals surface area contributed by atoms with Crippen LogP contribution >= 0.6 is 0 Å². The Morgan fingerprint density at radius 2 is 1.81 bits per heavy atom. The van der Waals surface area contributed by atoms with Crippen LogP contribution in [0.3, 0.4) is 0 Å². The smallest absolute Gasteiger partial charge is 0.344 e. The number of aromatic carboxylic acids is 1. The molecule has 0 fully saturated rings. The van der Waals surface area contributed by atoms with E-state index in [0.29, 0.717) is 18.0 Å². The van der Waals surface area contributed by atoms with Crippen molar-refractivity contribution in [3.63, 3.8) is 0 Å². The number of carboxylic acid groups (broad SMARTS) is 2. The minimum Gasteiger partial charge on any atom is -0.493 e. The Morgan fingerprint density at radius 3 is 2.38 bits per heavy atom. The predicted molar refractivity (Wildman–Crippen MR) is 95.4 cm³/mol. The van der Waals surface area contributed by atoms with Gasteiger partial charge in [-0.3, -0.25) is 4.99 Å². The standard InChI is InChI=1S/C19H19NO6/c1-12(18(21)22)26-16-8-5-14(9-17(16)25-2)11-20-10-13-3-6-15(7-4-13)19(23)24/h3-9,11-12H,10H2,1-2H3,(H,21,22)(H,23,24)/t12-/m1/s1. The Balaban J connectivity index is 2.05. The average Bonchev–Trinajstić information content (AvgIpc) is 2.63. The molecule has 136 valence electrons. The molecule has 0 radical (unpaired) electrons. The number of aliphatic imine (C=N–C) groups is 1. The van der Waals surface area contributed by atoms with E-state index in [-0.39, 0.29) is 5.56 Å². The van der Waals surface area contributed by atoms with E-state index in [2.05, 4.69) is 4.99 Å². The highest BCUT2D eigenvalue weighted by Gasteiger charge is 2.15. The maximum atomic E-state index is 10.9. The molecule has 26 heavy (non-hydrogen) atoms. The van der Waals surface area contributed by atoms with Gasteiger partial charge in [-0.05, 0) is 48.4 Å². The van der Waals surface area contributed by atoms with Gasteiger partial charge in [0.05, 0.1) is 19.2 Å². The van der Waals surface area contributed by atoms with Gasteiger partial charge in [-0.25, -0.2) is 9.59 Å². The number of carbonyl (C=O) groups is 2. The summed E-state index contributed by atoms with van der Waals surface area (Å²) in [5, 5.41) is 17.8. The third-order valence-electron chi connectivity index (χ3n) is 3.55. The summed E-state index contributed by atoms with van der Waals surface area (Å²) in [4.78, 5) is 26.0. The first-order valence-corrected chi connectivity index (χ1v) is 7.80. The Bertz CT molecular complexity index is 813. The van der Waals surface area contributed by atoms with E-state index < -0.39 is 18.0 Å². The summed E-state index contributed by atoms with van der Waals surface area (Å²) in [7, 11) is 1.47. The fraction of sp³-hybridized carbons (Fsp3) is 0.211. The highest BCUT2D eigenvalue weighted by Crippen LogP contribution is 2.28. The number of methoxy groups -OCH3 is 1. The van der Waals surface area contributed by atoms with Gasteiger partial charge in [-0.15, -0.1) is 0 Å². The SMILES string of the molecule is COc1cc(C=NCc2ccc(C(=O)O)cc2)ccc1O[C@H](C)C(=O)O. The van der Waals surface area contributed by atoms with Crippen LogP contribution in [-0.4, -0.2) is 41.6 Å². The zero-order valence-corrected chi connectivity index (χ0v) is 14.4. The van der Waals surface area contributed by atoms with Crippen molar-refractivity contribution in [2.24, 2.45) is 4.99 Å². The molecule has 0 spiro atoms. The van der Waals surface area contributed by atoms with E-state index in [0.717, 1.165) is 11.1 Å². The van der Waals surface area contributed by atoms with Crippen molar-refractivity contribution in [1.29, 1.82) is 0 Å². The molecule has 7 heteroatoms. The number of benzene rings is 2. The summed E-state index contributed by atoms with van der Waals surface area (Å²) in [5.41, 5.74) is 1.88. The van der Waals surface area contributed by atoms with Crippen molar-refractivity contribution in [3.8, 4) is 11.5 Å². The highest BCUT2D eigenvalue weighted by atomic mass is 16.5. The number of nitrogens with zero attached hydrogens (tertiary/aromatic N) is 1. The van der Waals surface area contributed by atoms with Crippen LogP contribution in [0.2, 0.25) is 0 Å². The van der Waals surface area contributed by atoms with Gasteiger partial charge in [-0.1, -0.05) is 12.1 Å². The Labute approximate surface area is 150 Å². The molecule has 7 nitrogen and oxygen atoms in total. The van der Waals surface area contributed by atoms with Gasteiger partial charge in [0.2, 0.25) is 0 Å². The number of hydrogen-bond acceptors (Lipinski definition) is 5. The first-order chi connectivity index (χ1) is 12.4. The van der Waals surface area contributed by atoms with Gasteiger partial charge < -0.3 is 19.7 Å². The second kappa shape index (κ2) is 8.66. The zero-order chi connectivity index (χ0) is 19.1. The lowest BCUT2D eigenvalue weighted by Crippen LogP contribution is -2.23. The summed E-state index contributed by atoms with van der Waals surface area (Å²) in [6, 6.07) is 11.6. The molecule has 0 saturated carbocycles. The quantitative estimate of drug-likeness (QED) is 0.704. The second-order valence-electron chi connectivity index (χ2n) is 5.48. The molecule has 2 aromatic rings.